The summed E-state index contributed by atoms with van der Waals surface area (Å²) in [5, 5.41) is 0. The van der Waals surface area contributed by atoms with Gasteiger partial charge in [-0.2, -0.15) is 0 Å². The second-order valence-electron chi connectivity index (χ2n) is 6.00. The molecule has 0 amide bonds. The Kier molecular flexibility index (Phi) is 4.95. The maximum atomic E-state index is 15.0. The summed E-state index contributed by atoms with van der Waals surface area (Å²) in [5.74, 6) is 5.61. The number of allylic oxidation sites excluding steroid dienone is 1. The molecule has 1 aliphatic rings. The molecule has 25 heavy (non-hydrogen) atoms. The van der Waals surface area contributed by atoms with Gasteiger partial charge in [0.1, 0.15) is 5.69 Å². The molecule has 1 aromatic heterocycles. The van der Waals surface area contributed by atoms with Crippen molar-refractivity contribution in [2.75, 3.05) is 18.0 Å². The summed E-state index contributed by atoms with van der Waals surface area (Å²) in [6.45, 7) is 6.45. The van der Waals surface area contributed by atoms with Crippen molar-refractivity contribution in [3.8, 4) is 11.8 Å². The number of benzene rings is 1. The van der Waals surface area contributed by atoms with E-state index in [-0.39, 0.29) is 6.54 Å². The summed E-state index contributed by atoms with van der Waals surface area (Å²) in [6, 6.07) is 11.4. The largest absolute Gasteiger partial charge is 0.367 e. The fourth-order valence-corrected chi connectivity index (χ4v) is 2.89. The lowest BCUT2D eigenvalue weighted by molar-refractivity contribution is 0.274. The van der Waals surface area contributed by atoms with Crippen LogP contribution in [0.1, 0.15) is 24.6 Å². The van der Waals surface area contributed by atoms with Gasteiger partial charge in [-0.1, -0.05) is 30.2 Å². The van der Waals surface area contributed by atoms with E-state index in [1.807, 2.05) is 54.3 Å². The second kappa shape index (κ2) is 7.31. The first-order chi connectivity index (χ1) is 12.1. The van der Waals surface area contributed by atoms with Crippen molar-refractivity contribution in [3.05, 3.63) is 59.9 Å². The minimum Gasteiger partial charge on any atom is -0.367 e. The van der Waals surface area contributed by atoms with Gasteiger partial charge in [0.15, 0.2) is 5.67 Å². The summed E-state index contributed by atoms with van der Waals surface area (Å²) >= 11 is 0. The number of aliphatic imine (C=N–C) groups is 1. The van der Waals surface area contributed by atoms with E-state index in [9.17, 15) is 0 Å². The zero-order chi connectivity index (χ0) is 17.7. The van der Waals surface area contributed by atoms with Crippen molar-refractivity contribution in [2.45, 2.75) is 19.0 Å². The molecule has 3 rings (SSSR count). The monoisotopic (exact) mass is 333 g/mol. The number of nitrogens with zero attached hydrogens (tertiary/aromatic N) is 3. The predicted octanol–water partition coefficient (Wildman–Crippen LogP) is 4.42. The highest BCUT2D eigenvalue weighted by Gasteiger charge is 2.37. The average molecular weight is 333 g/mol. The van der Waals surface area contributed by atoms with E-state index in [0.29, 0.717) is 18.7 Å². The van der Waals surface area contributed by atoms with Gasteiger partial charge >= 0.3 is 0 Å². The Hall–Kier alpha value is -2.93. The summed E-state index contributed by atoms with van der Waals surface area (Å²) in [4.78, 5) is 10.2. The number of aromatic nitrogens is 1. The summed E-state index contributed by atoms with van der Waals surface area (Å²) in [6.07, 6.45) is 5.97. The van der Waals surface area contributed by atoms with Crippen LogP contribution >= 0.6 is 0 Å². The number of halogens is 1. The van der Waals surface area contributed by atoms with Crippen LogP contribution in [0.25, 0.3) is 6.08 Å². The van der Waals surface area contributed by atoms with Gasteiger partial charge in [0.05, 0.1) is 12.2 Å². The maximum absolute atomic E-state index is 15.0. The number of hydrogen-bond acceptors (Lipinski definition) is 3. The van der Waals surface area contributed by atoms with Crippen molar-refractivity contribution in [1.82, 2.24) is 4.98 Å². The van der Waals surface area contributed by atoms with E-state index in [2.05, 4.69) is 28.5 Å². The van der Waals surface area contributed by atoms with Crippen LogP contribution in [0.15, 0.2) is 53.7 Å². The first kappa shape index (κ1) is 16.9. The number of alkyl halides is 1. The lowest BCUT2D eigenvalue weighted by Gasteiger charge is -2.20. The fraction of sp³-hybridized carbons (Fsp3) is 0.238. The second-order valence-corrected chi connectivity index (χ2v) is 6.00. The lowest BCUT2D eigenvalue weighted by atomic mass is 10.1. The number of anilines is 1. The van der Waals surface area contributed by atoms with E-state index >= 15 is 4.39 Å². The standard InChI is InChI=1S/C21H20FN3/c1-3-6-17-8-9-19(15-20(17)23-2)25-14-12-21(22,16-25)11-10-18-7-4-5-13-24-18/h3-9,13,15H,2,12,14,16H2,1H3/b6-3-. The molecular weight excluding hydrogens is 313 g/mol. The van der Waals surface area contributed by atoms with E-state index < -0.39 is 5.67 Å². The van der Waals surface area contributed by atoms with Crippen LogP contribution < -0.4 is 4.90 Å². The first-order valence-electron chi connectivity index (χ1n) is 8.25. The molecule has 1 saturated heterocycles. The van der Waals surface area contributed by atoms with Crippen LogP contribution in [0.2, 0.25) is 0 Å². The number of hydrogen-bond donors (Lipinski definition) is 0. The third-order valence-corrected chi connectivity index (χ3v) is 4.19. The SMILES string of the molecule is C=Nc1cc(N2CCC(F)(C#Cc3ccccn3)C2)ccc1/C=C\C. The van der Waals surface area contributed by atoms with Crippen LogP contribution in [0.4, 0.5) is 15.8 Å². The van der Waals surface area contributed by atoms with E-state index in [0.717, 1.165) is 16.9 Å². The Bertz CT molecular complexity index is 848. The van der Waals surface area contributed by atoms with E-state index in [1.165, 1.54) is 0 Å². The van der Waals surface area contributed by atoms with Crippen molar-refractivity contribution >= 4 is 24.2 Å². The van der Waals surface area contributed by atoms with Crippen LogP contribution in [-0.4, -0.2) is 30.5 Å². The van der Waals surface area contributed by atoms with Gasteiger partial charge in [-0.05, 0) is 49.4 Å². The number of pyridine rings is 1. The smallest absolute Gasteiger partial charge is 0.190 e. The van der Waals surface area contributed by atoms with Crippen LogP contribution in [0.3, 0.4) is 0 Å². The van der Waals surface area contributed by atoms with Gasteiger partial charge in [0, 0.05) is 24.8 Å². The summed E-state index contributed by atoms with van der Waals surface area (Å²) in [5.41, 5.74) is 1.80. The third-order valence-electron chi connectivity index (χ3n) is 4.19. The highest BCUT2D eigenvalue weighted by atomic mass is 19.1. The Balaban J connectivity index is 1.78. The molecule has 0 saturated carbocycles. The molecule has 2 heterocycles. The minimum atomic E-state index is -1.53. The molecule has 1 fully saturated rings. The third kappa shape index (κ3) is 3.95. The Morgan fingerprint density at radius 2 is 2.24 bits per heavy atom. The van der Waals surface area contributed by atoms with Gasteiger partial charge in [-0.15, -0.1) is 0 Å². The average Bonchev–Trinajstić information content (AvgIpc) is 3.04. The van der Waals surface area contributed by atoms with E-state index in [1.54, 1.807) is 12.3 Å². The topological polar surface area (TPSA) is 28.5 Å². The molecule has 126 valence electrons. The van der Waals surface area contributed by atoms with Gasteiger partial charge in [-0.25, -0.2) is 9.37 Å². The molecule has 0 N–H and O–H groups in total. The molecule has 4 heteroatoms. The quantitative estimate of drug-likeness (QED) is 0.614. The lowest BCUT2D eigenvalue weighted by Crippen LogP contribution is -2.27. The Morgan fingerprint density at radius 1 is 1.36 bits per heavy atom. The van der Waals surface area contributed by atoms with Gasteiger partial charge < -0.3 is 4.90 Å². The number of rotatable bonds is 3. The highest BCUT2D eigenvalue weighted by Crippen LogP contribution is 2.33. The molecule has 2 aromatic rings. The molecular formula is C21H20FN3. The van der Waals surface area contributed by atoms with Crippen molar-refractivity contribution in [2.24, 2.45) is 4.99 Å². The fourth-order valence-electron chi connectivity index (χ4n) is 2.89. The molecule has 0 bridgehead atoms. The molecule has 1 aromatic carbocycles. The highest BCUT2D eigenvalue weighted by molar-refractivity contribution is 5.71. The maximum Gasteiger partial charge on any atom is 0.190 e. The van der Waals surface area contributed by atoms with Gasteiger partial charge in [0.25, 0.3) is 0 Å². The zero-order valence-corrected chi connectivity index (χ0v) is 14.2. The molecule has 0 spiro atoms. The van der Waals surface area contributed by atoms with Gasteiger partial charge in [-0.3, -0.25) is 4.99 Å². The molecule has 1 atom stereocenters. The predicted molar refractivity (Wildman–Crippen MR) is 102 cm³/mol. The molecule has 1 aliphatic heterocycles. The Morgan fingerprint density at radius 3 is 2.96 bits per heavy atom. The van der Waals surface area contributed by atoms with Crippen LogP contribution in [-0.2, 0) is 0 Å². The minimum absolute atomic E-state index is 0.242. The molecule has 3 nitrogen and oxygen atoms in total. The van der Waals surface area contributed by atoms with E-state index in [4.69, 9.17) is 0 Å². The van der Waals surface area contributed by atoms with Crippen molar-refractivity contribution in [1.29, 1.82) is 0 Å². The first-order valence-corrected chi connectivity index (χ1v) is 8.25. The van der Waals surface area contributed by atoms with Gasteiger partial charge in [0.2, 0.25) is 0 Å². The van der Waals surface area contributed by atoms with Crippen molar-refractivity contribution in [3.63, 3.8) is 0 Å². The summed E-state index contributed by atoms with van der Waals surface area (Å²) in [7, 11) is 0. The van der Waals surface area contributed by atoms with Crippen LogP contribution in [0, 0.1) is 11.8 Å². The molecule has 0 aliphatic carbocycles. The molecule has 1 unspecified atom stereocenters. The van der Waals surface area contributed by atoms with Crippen molar-refractivity contribution < 1.29 is 4.39 Å². The zero-order valence-electron chi connectivity index (χ0n) is 14.2. The Labute approximate surface area is 147 Å². The normalized spacial score (nSPS) is 19.7. The summed E-state index contributed by atoms with van der Waals surface area (Å²) < 4.78 is 15.0. The molecule has 0 radical (unpaired) electrons. The van der Waals surface area contributed by atoms with Crippen LogP contribution in [0.5, 0.6) is 0 Å².